The monoisotopic (exact) mass is 413 g/mol. The van der Waals surface area contributed by atoms with E-state index in [9.17, 15) is 9.59 Å². The number of carbonyl (C=O) groups is 2. The Morgan fingerprint density at radius 1 is 1.14 bits per heavy atom. The highest BCUT2D eigenvalue weighted by atomic mass is 32.2. The van der Waals surface area contributed by atoms with Crippen LogP contribution in [0, 0.1) is 0 Å². The molecule has 0 aromatic heterocycles. The summed E-state index contributed by atoms with van der Waals surface area (Å²) in [5.74, 6) is 0.202. The van der Waals surface area contributed by atoms with Crippen molar-refractivity contribution in [2.24, 2.45) is 0 Å². The number of esters is 1. The van der Waals surface area contributed by atoms with Crippen molar-refractivity contribution in [3.05, 3.63) is 64.6 Å². The van der Waals surface area contributed by atoms with E-state index in [-0.39, 0.29) is 5.91 Å². The van der Waals surface area contributed by atoms with E-state index in [2.05, 4.69) is 0 Å². The van der Waals surface area contributed by atoms with Gasteiger partial charge in [-0.15, -0.1) is 0 Å². The molecular weight excluding hydrogens is 394 g/mol. The molecule has 0 aliphatic carbocycles. The SMILES string of the molecule is CCOc1cc(/C=C2/SC(=S)N(CC)C2=O)ccc1OC(=O)c1ccccc1. The molecule has 2 aromatic carbocycles. The molecule has 0 N–H and O–H groups in total. The van der Waals surface area contributed by atoms with Crippen LogP contribution in [0.4, 0.5) is 0 Å². The van der Waals surface area contributed by atoms with Gasteiger partial charge in [-0.3, -0.25) is 9.69 Å². The van der Waals surface area contributed by atoms with Crippen LogP contribution in [0.2, 0.25) is 0 Å². The van der Waals surface area contributed by atoms with Crippen molar-refractivity contribution in [3.8, 4) is 11.5 Å². The maximum atomic E-state index is 12.4. The molecule has 5 nitrogen and oxygen atoms in total. The van der Waals surface area contributed by atoms with Crippen LogP contribution < -0.4 is 9.47 Å². The smallest absolute Gasteiger partial charge is 0.343 e. The van der Waals surface area contributed by atoms with E-state index in [1.165, 1.54) is 11.8 Å². The lowest BCUT2D eigenvalue weighted by atomic mass is 10.1. The van der Waals surface area contributed by atoms with Gasteiger partial charge in [0.25, 0.3) is 5.91 Å². The number of carbonyl (C=O) groups excluding carboxylic acids is 2. The highest BCUT2D eigenvalue weighted by Crippen LogP contribution is 2.35. The first-order valence-corrected chi connectivity index (χ1v) is 10.1. The Hall–Kier alpha value is -2.64. The largest absolute Gasteiger partial charge is 0.490 e. The molecule has 1 aliphatic rings. The molecule has 0 radical (unpaired) electrons. The number of likely N-dealkylation sites (N-methyl/N-ethyl adjacent to an activating group) is 1. The zero-order valence-corrected chi connectivity index (χ0v) is 17.1. The summed E-state index contributed by atoms with van der Waals surface area (Å²) in [6, 6.07) is 13.9. The summed E-state index contributed by atoms with van der Waals surface area (Å²) >= 11 is 6.51. The highest BCUT2D eigenvalue weighted by molar-refractivity contribution is 8.26. The molecule has 0 saturated carbocycles. The fourth-order valence-electron chi connectivity index (χ4n) is 2.62. The third-order valence-corrected chi connectivity index (χ3v) is 5.35. The second kappa shape index (κ2) is 9.03. The molecule has 3 rings (SSSR count). The second-order valence-corrected chi connectivity index (χ2v) is 7.50. The number of ether oxygens (including phenoxy) is 2. The molecular formula is C21H19NO4S2. The Labute approximate surface area is 173 Å². The summed E-state index contributed by atoms with van der Waals surface area (Å²) in [5, 5.41) is 0. The Balaban J connectivity index is 1.85. The van der Waals surface area contributed by atoms with E-state index in [1.54, 1.807) is 53.4 Å². The lowest BCUT2D eigenvalue weighted by molar-refractivity contribution is -0.121. The lowest BCUT2D eigenvalue weighted by Crippen LogP contribution is -2.27. The van der Waals surface area contributed by atoms with E-state index in [1.807, 2.05) is 19.9 Å². The molecule has 1 amide bonds. The van der Waals surface area contributed by atoms with Crippen LogP contribution in [0.25, 0.3) is 6.08 Å². The summed E-state index contributed by atoms with van der Waals surface area (Å²) in [6.07, 6.45) is 1.76. The average molecular weight is 414 g/mol. The Bertz CT molecular complexity index is 941. The summed E-state index contributed by atoms with van der Waals surface area (Å²) in [4.78, 5) is 26.8. The molecule has 28 heavy (non-hydrogen) atoms. The maximum Gasteiger partial charge on any atom is 0.343 e. The van der Waals surface area contributed by atoms with Crippen molar-refractivity contribution in [1.29, 1.82) is 0 Å². The zero-order chi connectivity index (χ0) is 20.1. The maximum absolute atomic E-state index is 12.4. The van der Waals surface area contributed by atoms with Crippen molar-refractivity contribution in [3.63, 3.8) is 0 Å². The summed E-state index contributed by atoms with van der Waals surface area (Å²) in [7, 11) is 0. The van der Waals surface area contributed by atoms with Crippen LogP contribution in [0.3, 0.4) is 0 Å². The molecule has 0 bridgehead atoms. The van der Waals surface area contributed by atoms with Crippen molar-refractivity contribution >= 4 is 46.3 Å². The van der Waals surface area contributed by atoms with Gasteiger partial charge < -0.3 is 9.47 Å². The van der Waals surface area contributed by atoms with Gasteiger partial charge in [-0.1, -0.05) is 48.2 Å². The number of hydrogen-bond acceptors (Lipinski definition) is 6. The quantitative estimate of drug-likeness (QED) is 0.300. The Morgan fingerprint density at radius 2 is 1.89 bits per heavy atom. The van der Waals surface area contributed by atoms with Gasteiger partial charge in [-0.05, 0) is 49.8 Å². The number of rotatable bonds is 6. The third-order valence-electron chi connectivity index (χ3n) is 3.97. The molecule has 0 spiro atoms. The van der Waals surface area contributed by atoms with E-state index in [0.29, 0.717) is 39.4 Å². The van der Waals surface area contributed by atoms with Gasteiger partial charge >= 0.3 is 5.97 Å². The average Bonchev–Trinajstić information content (AvgIpc) is 2.97. The first-order chi connectivity index (χ1) is 13.5. The molecule has 2 aromatic rings. The first-order valence-electron chi connectivity index (χ1n) is 8.83. The Morgan fingerprint density at radius 3 is 2.54 bits per heavy atom. The summed E-state index contributed by atoms with van der Waals surface area (Å²) in [5.41, 5.74) is 1.22. The number of benzene rings is 2. The standard InChI is InChI=1S/C21H19NO4S2/c1-3-22-19(23)18(28-21(22)27)13-14-10-11-16(17(12-14)25-4-2)26-20(24)15-8-6-5-7-9-15/h5-13H,3-4H2,1-2H3/b18-13+. The number of amides is 1. The molecule has 144 valence electrons. The van der Waals surface area contributed by atoms with Crippen molar-refractivity contribution < 1.29 is 19.1 Å². The first kappa shape index (κ1) is 20.1. The highest BCUT2D eigenvalue weighted by Gasteiger charge is 2.30. The fraction of sp³-hybridized carbons (Fsp3) is 0.190. The van der Waals surface area contributed by atoms with E-state index < -0.39 is 5.97 Å². The minimum Gasteiger partial charge on any atom is -0.490 e. The summed E-state index contributed by atoms with van der Waals surface area (Å²) < 4.78 is 11.7. The van der Waals surface area contributed by atoms with Crippen LogP contribution in [0.15, 0.2) is 53.4 Å². The minimum atomic E-state index is -0.460. The molecule has 1 fully saturated rings. The predicted molar refractivity (Wildman–Crippen MR) is 115 cm³/mol. The van der Waals surface area contributed by atoms with Crippen LogP contribution in [-0.2, 0) is 4.79 Å². The van der Waals surface area contributed by atoms with E-state index >= 15 is 0 Å². The van der Waals surface area contributed by atoms with Crippen LogP contribution in [0.5, 0.6) is 11.5 Å². The number of thioether (sulfide) groups is 1. The number of nitrogens with zero attached hydrogens (tertiary/aromatic N) is 1. The van der Waals surface area contributed by atoms with Crippen molar-refractivity contribution in [1.82, 2.24) is 4.90 Å². The second-order valence-electron chi connectivity index (χ2n) is 5.82. The lowest BCUT2D eigenvalue weighted by Gasteiger charge is -2.12. The van der Waals surface area contributed by atoms with E-state index in [4.69, 9.17) is 21.7 Å². The zero-order valence-electron chi connectivity index (χ0n) is 15.5. The van der Waals surface area contributed by atoms with Crippen molar-refractivity contribution in [2.45, 2.75) is 13.8 Å². The van der Waals surface area contributed by atoms with E-state index in [0.717, 1.165) is 5.56 Å². The molecule has 1 heterocycles. The van der Waals surface area contributed by atoms with Crippen molar-refractivity contribution in [2.75, 3.05) is 13.2 Å². The van der Waals surface area contributed by atoms with Crippen LogP contribution in [-0.4, -0.2) is 34.2 Å². The molecule has 7 heteroatoms. The van der Waals surface area contributed by atoms with Crippen LogP contribution >= 0.6 is 24.0 Å². The predicted octanol–water partition coefficient (Wildman–Crippen LogP) is 4.53. The number of thiocarbonyl (C=S) groups is 1. The van der Waals surface area contributed by atoms with Gasteiger partial charge in [-0.2, -0.15) is 0 Å². The van der Waals surface area contributed by atoms with Gasteiger partial charge in [0, 0.05) is 6.54 Å². The van der Waals surface area contributed by atoms with Gasteiger partial charge in [0.15, 0.2) is 11.5 Å². The Kier molecular flexibility index (Phi) is 6.49. The van der Waals surface area contributed by atoms with Gasteiger partial charge in [-0.25, -0.2) is 4.79 Å². The van der Waals surface area contributed by atoms with Crippen LogP contribution in [0.1, 0.15) is 29.8 Å². The molecule has 0 unspecified atom stereocenters. The fourth-order valence-corrected chi connectivity index (χ4v) is 4.01. The van der Waals surface area contributed by atoms with Gasteiger partial charge in [0.2, 0.25) is 0 Å². The third kappa shape index (κ3) is 4.43. The molecule has 1 aliphatic heterocycles. The van der Waals surface area contributed by atoms with Gasteiger partial charge in [0.1, 0.15) is 4.32 Å². The molecule has 0 atom stereocenters. The number of hydrogen-bond donors (Lipinski definition) is 0. The topological polar surface area (TPSA) is 55.8 Å². The molecule has 1 saturated heterocycles. The summed E-state index contributed by atoms with van der Waals surface area (Å²) in [6.45, 7) is 4.69. The minimum absolute atomic E-state index is 0.102. The normalized spacial score (nSPS) is 15.2. The van der Waals surface area contributed by atoms with Gasteiger partial charge in [0.05, 0.1) is 17.1 Å².